The molecule has 1 heterocycles. The van der Waals surface area contributed by atoms with E-state index in [9.17, 15) is 0 Å². The van der Waals surface area contributed by atoms with Crippen molar-refractivity contribution < 1.29 is 11.0 Å². The average molecular weight is 461 g/mol. The summed E-state index contributed by atoms with van der Waals surface area (Å²) in [6.45, 7) is 12.2. The van der Waals surface area contributed by atoms with Gasteiger partial charge in [-0.3, -0.25) is 0 Å². The Morgan fingerprint density at radius 1 is 0.964 bits per heavy atom. The molecule has 4 heteroatoms. The topological polar surface area (TPSA) is 15.8 Å². The molecule has 0 atom stereocenters. The molecule has 1 N–H and O–H groups in total. The van der Waals surface area contributed by atoms with Crippen molar-refractivity contribution in [3.63, 3.8) is 0 Å². The van der Waals surface area contributed by atoms with Gasteiger partial charge in [-0.15, -0.1) is 24.8 Å². The number of benzene rings is 1. The number of hydrogen-bond donors (Lipinski definition) is 1. The number of nitrogens with one attached hydrogen (secondary N) is 1. The molecule has 0 amide bonds. The number of halogens is 2. The quantitative estimate of drug-likeness (QED) is 0.432. The Kier molecular flexibility index (Phi) is 4.54. The van der Waals surface area contributed by atoms with Crippen molar-refractivity contribution in [3.05, 3.63) is 52.4 Å². The number of para-hydroxylation sites is 1. The van der Waals surface area contributed by atoms with Crippen LogP contribution in [0.2, 0.25) is 24.6 Å². The minimum Gasteiger partial charge on any atom is -0.147 e. The molecule has 1 aromatic heterocycles. The first-order chi connectivity index (χ1) is 11.5. The Labute approximate surface area is 176 Å². The number of fused-ring (bicyclic) bond motifs is 1. The van der Waals surface area contributed by atoms with Gasteiger partial charge in [0.15, 0.2) is 0 Å². The Balaban J connectivity index is 0.00000196. The van der Waals surface area contributed by atoms with Crippen LogP contribution in [0.25, 0.3) is 10.9 Å². The van der Waals surface area contributed by atoms with Crippen molar-refractivity contribution in [3.8, 4) is 0 Å². The second-order valence-corrected chi connectivity index (χ2v) is 44.5. The van der Waals surface area contributed by atoms with E-state index in [1.807, 2.05) is 0 Å². The summed E-state index contributed by atoms with van der Waals surface area (Å²) in [5, 5.41) is 11.9. The number of H-pyrrole nitrogens is 1. The molecule has 0 saturated heterocycles. The van der Waals surface area contributed by atoms with Gasteiger partial charge in [-0.05, 0) is 0 Å². The van der Waals surface area contributed by atoms with E-state index in [0.29, 0.717) is 0 Å². The van der Waals surface area contributed by atoms with Crippen LogP contribution in [0.4, 0.5) is 0 Å². The van der Waals surface area contributed by atoms with Crippen molar-refractivity contribution in [2.45, 2.75) is 65.7 Å². The van der Waals surface area contributed by atoms with Crippen molar-refractivity contribution in [1.29, 1.82) is 0 Å². The van der Waals surface area contributed by atoms with E-state index in [1.54, 1.807) is 7.69 Å². The van der Waals surface area contributed by atoms with Crippen molar-refractivity contribution in [2.75, 3.05) is 0 Å². The van der Waals surface area contributed by atoms with E-state index < -0.39 is 11.0 Å². The predicted molar refractivity (Wildman–Crippen MR) is 134 cm³/mol. The Hall–Kier alpha value is -0.596. The van der Waals surface area contributed by atoms with Gasteiger partial charge in [0.25, 0.3) is 0 Å². The normalized spacial score (nSPS) is 20.0. The van der Waals surface area contributed by atoms with E-state index in [1.165, 1.54) is 14.9 Å². The van der Waals surface area contributed by atoms with Crippen LogP contribution >= 0.6 is 24.8 Å². The van der Waals surface area contributed by atoms with Crippen LogP contribution in [0.15, 0.2) is 52.4 Å². The van der Waals surface area contributed by atoms with Crippen molar-refractivity contribution >= 4 is 43.5 Å². The van der Waals surface area contributed by atoms with Gasteiger partial charge in [0.1, 0.15) is 0 Å². The molecule has 3 rings (SSSR count). The summed E-state index contributed by atoms with van der Waals surface area (Å²) in [5.41, 5.74) is 1.23. The maximum Gasteiger partial charge on any atom is -0.147 e. The van der Waals surface area contributed by atoms with Gasteiger partial charge in [0, 0.05) is 0 Å². The second kappa shape index (κ2) is 5.00. The van der Waals surface area contributed by atoms with Crippen LogP contribution in [0, 0.1) is 0 Å². The molecule has 0 aliphatic heterocycles. The monoisotopic (exact) mass is 460 g/mol. The minimum atomic E-state index is -5.20. The summed E-state index contributed by atoms with van der Waals surface area (Å²) in [4.78, 5) is 3.95. The third-order valence-corrected chi connectivity index (χ3v) is 45.0. The molecular formula is C24H40Cl2NTi. The van der Waals surface area contributed by atoms with Crippen LogP contribution in [-0.2, 0) is 11.0 Å². The van der Waals surface area contributed by atoms with Crippen molar-refractivity contribution in [1.82, 2.24) is 4.98 Å². The van der Waals surface area contributed by atoms with E-state index in [-0.39, 0.29) is 28.5 Å². The number of aromatic nitrogens is 1. The summed E-state index contributed by atoms with van der Waals surface area (Å²) in [7, 11) is -5.20. The fourth-order valence-electron chi connectivity index (χ4n) is 5.68. The first-order valence-electron chi connectivity index (χ1n) is 10.1. The maximum atomic E-state index is 3.95. The zero-order valence-corrected chi connectivity index (χ0v) is 22.3. The molecule has 159 valence electrons. The third kappa shape index (κ3) is 1.94. The molecule has 0 fully saturated rings. The van der Waals surface area contributed by atoms with E-state index in [4.69, 9.17) is 0 Å². The maximum absolute atomic E-state index is 5.20. The summed E-state index contributed by atoms with van der Waals surface area (Å²) in [5.74, 6) is 0. The standard InChI is InChI=1S/C8H6N.C5H5.C4H9.C3H6.4CH3.2ClH.Ti/c1-2-4-8-7(3-1)5-6-9-8;1-2-4-5-3-1;1-4(2)3;1-3-2;;;;;;;/h1-5,9H;1-3H,4H2;1-3H3;1-2H3;4*1H3;2*1H;. The van der Waals surface area contributed by atoms with Gasteiger partial charge in [-0.25, -0.2) is 0 Å². The Morgan fingerprint density at radius 3 is 1.96 bits per heavy atom. The first kappa shape index (κ1) is 25.4. The van der Waals surface area contributed by atoms with Gasteiger partial charge >= 0.3 is 153 Å². The number of rotatable bonds is 2. The van der Waals surface area contributed by atoms with E-state index in [2.05, 4.69) is 109 Å². The molecule has 1 nitrogen and oxygen atoms in total. The summed E-state index contributed by atoms with van der Waals surface area (Å²) in [6, 6.07) is 11.1. The minimum absolute atomic E-state index is 0. The predicted octanol–water partition coefficient (Wildman–Crippen LogP) is 8.40. The number of allylic oxidation sites excluding steroid dienone is 4. The number of hydrogen-bond acceptors (Lipinski definition) is 0. The average Bonchev–Trinajstić information content (AvgIpc) is 3.17. The fraction of sp³-hybridized carbons (Fsp3) is 0.458. The molecule has 0 saturated carbocycles. The van der Waals surface area contributed by atoms with Crippen molar-refractivity contribution in [2.24, 2.45) is 0 Å². The van der Waals surface area contributed by atoms with Crippen LogP contribution in [0.1, 0.15) is 41.0 Å². The summed E-state index contributed by atoms with van der Waals surface area (Å²) in [6.07, 6.45) is 8.03. The Bertz CT molecular complexity index is 1140. The van der Waals surface area contributed by atoms with E-state index in [0.717, 1.165) is 6.42 Å². The summed E-state index contributed by atoms with van der Waals surface area (Å²) >= 11 is 0. The van der Waals surface area contributed by atoms with Crippen LogP contribution in [0.5, 0.6) is 0 Å². The molecule has 0 unspecified atom stereocenters. The SMILES string of the molecule is C[C](C)=[Ti]([CH3])([CH3])([CH3])([CH3])([C]1=CC=CC1)([c]1cc2ccccc2[nH]1)[C](C)(C)C.Cl.Cl. The summed E-state index contributed by atoms with van der Waals surface area (Å²) < 4.78 is 4.58. The molecule has 28 heavy (non-hydrogen) atoms. The smallest absolute Gasteiger partial charge is 0.147 e. The largest absolute Gasteiger partial charge is 0.147 e. The zero-order chi connectivity index (χ0) is 19.8. The van der Waals surface area contributed by atoms with Gasteiger partial charge < -0.3 is 0 Å². The molecular weight excluding hydrogens is 421 g/mol. The molecule has 0 radical (unpaired) electrons. The fourth-order valence-corrected chi connectivity index (χ4v) is 19.5. The third-order valence-electron chi connectivity index (χ3n) is 12.4. The molecule has 2 aromatic rings. The molecule has 1 aliphatic rings. The molecule has 1 aromatic carbocycles. The van der Waals surface area contributed by atoms with Crippen LogP contribution in [0.3, 0.4) is 0 Å². The van der Waals surface area contributed by atoms with Gasteiger partial charge in [-0.1, -0.05) is 0 Å². The zero-order valence-electron chi connectivity index (χ0n) is 19.1. The van der Waals surface area contributed by atoms with Gasteiger partial charge in [-0.2, -0.15) is 0 Å². The Morgan fingerprint density at radius 2 is 1.54 bits per heavy atom. The number of aromatic amines is 1. The van der Waals surface area contributed by atoms with Gasteiger partial charge in [0.2, 0.25) is 0 Å². The van der Waals surface area contributed by atoms with Gasteiger partial charge in [0.05, 0.1) is 0 Å². The molecule has 0 spiro atoms. The van der Waals surface area contributed by atoms with E-state index >= 15 is 0 Å². The first-order valence-corrected chi connectivity index (χ1v) is 19.5. The van der Waals surface area contributed by atoms with Crippen LogP contribution < -0.4 is 4.00 Å². The molecule has 0 bridgehead atoms. The second-order valence-electron chi connectivity index (χ2n) is 14.6. The molecule has 1 aliphatic carbocycles. The van der Waals surface area contributed by atoms with Crippen LogP contribution in [-0.4, -0.2) is 8.80 Å².